The fourth-order valence-electron chi connectivity index (χ4n) is 6.12. The molecular weight excluding hydrogens is 804 g/mol. The molecule has 0 spiro atoms. The minimum Gasteiger partial charge on any atom is -0.756 e. The van der Waals surface area contributed by atoms with Crippen LogP contribution in [0, 0.1) is 0 Å². The fourth-order valence-corrected chi connectivity index (χ4v) is 6.85. The summed E-state index contributed by atoms with van der Waals surface area (Å²) in [6.45, 7) is 4.48. The lowest BCUT2D eigenvalue weighted by Gasteiger charge is -2.30. The van der Waals surface area contributed by atoms with E-state index >= 15 is 0 Å². The van der Waals surface area contributed by atoms with Gasteiger partial charge in [0.1, 0.15) is 13.2 Å². The zero-order valence-corrected chi connectivity index (χ0v) is 41.4. The highest BCUT2D eigenvalue weighted by Crippen LogP contribution is 2.38. The molecule has 3 atom stereocenters. The standard InChI is InChI=1S/C54H91N2O6P/c1-6-8-10-12-14-15-16-17-18-19-20-21-22-23-24-25-26-27-28-29-30-31-32-33-34-35-36-37-38-39-40-41-42-44-46-48-54(58)55-52(53(57)47-45-43-13-11-9-7-2)51-62-63(59,60)61-50-49-56(3,4)5/h8,10,14-15,17-18,20-21,23-24,26-27,29-30,32-33,35-36,38-39,52-53,57H,6-7,9,11-13,16,19,22,25,28,31,34,37,40-51H2,1-5H3,(H-,55,58,59,60)/b10-8-,15-14-,18-17-,21-20-,24-23-,27-26-,30-29-,33-32-,36-35-,39-38-. The molecule has 1 amide bonds. The molecule has 0 aromatic heterocycles. The summed E-state index contributed by atoms with van der Waals surface area (Å²) in [4.78, 5) is 25.2. The molecule has 0 aliphatic rings. The number of quaternary nitrogens is 1. The third kappa shape index (κ3) is 46.7. The fraction of sp³-hybridized carbons (Fsp3) is 0.611. The highest BCUT2D eigenvalue weighted by Gasteiger charge is 2.24. The topological polar surface area (TPSA) is 108 Å². The van der Waals surface area contributed by atoms with Crippen LogP contribution >= 0.6 is 7.82 Å². The maximum Gasteiger partial charge on any atom is 0.268 e. The molecule has 0 fully saturated rings. The summed E-state index contributed by atoms with van der Waals surface area (Å²) < 4.78 is 23.1. The Morgan fingerprint density at radius 1 is 0.571 bits per heavy atom. The van der Waals surface area contributed by atoms with E-state index in [0.29, 0.717) is 23.9 Å². The summed E-state index contributed by atoms with van der Waals surface area (Å²) in [5.41, 5.74) is 0. The van der Waals surface area contributed by atoms with Crippen molar-refractivity contribution in [2.45, 2.75) is 174 Å². The number of allylic oxidation sites excluding steroid dienone is 20. The first-order valence-electron chi connectivity index (χ1n) is 24.4. The highest BCUT2D eigenvalue weighted by molar-refractivity contribution is 7.45. The van der Waals surface area contributed by atoms with Crippen molar-refractivity contribution in [3.63, 3.8) is 0 Å². The SMILES string of the molecule is CC/C=C\C/C=C\C/C=C\C/C=C\C/C=C\C/C=C\C/C=C\C/C=C\C/C=C\C/C=C\CCCCCCC(=O)NC(COP(=O)([O-])OCC[N+](C)(C)C)C(O)CCCCCCCC. The minimum atomic E-state index is -4.57. The van der Waals surface area contributed by atoms with Crippen LogP contribution < -0.4 is 10.2 Å². The number of aliphatic hydroxyl groups is 1. The molecule has 2 N–H and O–H groups in total. The van der Waals surface area contributed by atoms with E-state index in [1.165, 1.54) is 19.3 Å². The molecule has 0 saturated carbocycles. The van der Waals surface area contributed by atoms with Crippen LogP contribution in [-0.2, 0) is 18.4 Å². The molecule has 0 aromatic rings. The number of aliphatic hydroxyl groups excluding tert-OH is 1. The van der Waals surface area contributed by atoms with Crippen LogP contribution in [0.25, 0.3) is 0 Å². The van der Waals surface area contributed by atoms with Crippen LogP contribution in [0.1, 0.15) is 162 Å². The number of carbonyl (C=O) groups excluding carboxylic acids is 1. The van der Waals surface area contributed by atoms with Gasteiger partial charge in [-0.15, -0.1) is 0 Å². The number of phosphoric ester groups is 1. The maximum atomic E-state index is 12.8. The minimum absolute atomic E-state index is 0.000929. The third-order valence-corrected chi connectivity index (χ3v) is 10.9. The summed E-state index contributed by atoms with van der Waals surface area (Å²) in [6, 6.07) is -0.820. The van der Waals surface area contributed by atoms with Crippen molar-refractivity contribution >= 4 is 13.7 Å². The number of carbonyl (C=O) groups is 1. The smallest absolute Gasteiger partial charge is 0.268 e. The van der Waals surface area contributed by atoms with E-state index in [1.54, 1.807) is 0 Å². The van der Waals surface area contributed by atoms with Crippen molar-refractivity contribution in [3.8, 4) is 0 Å². The molecule has 0 bridgehead atoms. The van der Waals surface area contributed by atoms with E-state index < -0.39 is 20.0 Å². The van der Waals surface area contributed by atoms with Gasteiger partial charge in [0, 0.05) is 6.42 Å². The Morgan fingerprint density at radius 2 is 0.968 bits per heavy atom. The lowest BCUT2D eigenvalue weighted by molar-refractivity contribution is -0.870. The van der Waals surface area contributed by atoms with E-state index in [1.807, 2.05) is 21.1 Å². The second-order valence-electron chi connectivity index (χ2n) is 17.1. The monoisotopic (exact) mass is 895 g/mol. The largest absolute Gasteiger partial charge is 0.756 e. The lowest BCUT2D eigenvalue weighted by Crippen LogP contribution is -2.46. The van der Waals surface area contributed by atoms with Crippen LogP contribution in [0.4, 0.5) is 0 Å². The summed E-state index contributed by atoms with van der Waals surface area (Å²) in [6.07, 6.45) is 65.4. The highest BCUT2D eigenvalue weighted by atomic mass is 31.2. The molecule has 8 nitrogen and oxygen atoms in total. The molecule has 9 heteroatoms. The second kappa shape index (κ2) is 44.1. The number of nitrogens with zero attached hydrogens (tertiary/aromatic N) is 1. The molecule has 0 aliphatic heterocycles. The van der Waals surface area contributed by atoms with Gasteiger partial charge >= 0.3 is 0 Å². The van der Waals surface area contributed by atoms with Crippen LogP contribution in [0.15, 0.2) is 122 Å². The van der Waals surface area contributed by atoms with Crippen molar-refractivity contribution in [2.75, 3.05) is 40.9 Å². The van der Waals surface area contributed by atoms with Gasteiger partial charge in [-0.05, 0) is 89.9 Å². The third-order valence-electron chi connectivity index (χ3n) is 9.96. The lowest BCUT2D eigenvalue weighted by atomic mass is 10.0. The molecule has 0 heterocycles. The zero-order chi connectivity index (χ0) is 46.4. The molecule has 0 rings (SSSR count). The van der Waals surface area contributed by atoms with Crippen molar-refractivity contribution in [1.29, 1.82) is 0 Å². The molecule has 3 unspecified atom stereocenters. The molecule has 0 radical (unpaired) electrons. The van der Waals surface area contributed by atoms with E-state index in [-0.39, 0.29) is 19.1 Å². The number of phosphoric acid groups is 1. The van der Waals surface area contributed by atoms with Crippen molar-refractivity contribution in [3.05, 3.63) is 122 Å². The second-order valence-corrected chi connectivity index (χ2v) is 18.5. The molecule has 358 valence electrons. The van der Waals surface area contributed by atoms with Crippen LogP contribution in [-0.4, -0.2) is 68.5 Å². The van der Waals surface area contributed by atoms with Crippen LogP contribution in [0.2, 0.25) is 0 Å². The summed E-state index contributed by atoms with van der Waals surface area (Å²) in [7, 11) is 1.26. The predicted molar refractivity (Wildman–Crippen MR) is 269 cm³/mol. The van der Waals surface area contributed by atoms with Crippen molar-refractivity contribution in [2.24, 2.45) is 0 Å². The average molecular weight is 895 g/mol. The number of nitrogens with one attached hydrogen (secondary N) is 1. The van der Waals surface area contributed by atoms with E-state index in [4.69, 9.17) is 9.05 Å². The van der Waals surface area contributed by atoms with Gasteiger partial charge in [-0.2, -0.15) is 0 Å². The van der Waals surface area contributed by atoms with Crippen LogP contribution in [0.3, 0.4) is 0 Å². The molecule has 0 aromatic carbocycles. The van der Waals surface area contributed by atoms with Gasteiger partial charge in [-0.3, -0.25) is 9.36 Å². The molecule has 0 saturated heterocycles. The number of amides is 1. The average Bonchev–Trinajstić information content (AvgIpc) is 3.24. The Morgan fingerprint density at radius 3 is 1.41 bits per heavy atom. The van der Waals surface area contributed by atoms with Crippen molar-refractivity contribution < 1.29 is 32.9 Å². The number of unbranched alkanes of at least 4 members (excludes halogenated alkanes) is 9. The Bertz CT molecular complexity index is 1430. The van der Waals surface area contributed by atoms with Gasteiger partial charge in [0.2, 0.25) is 5.91 Å². The number of likely N-dealkylation sites (N-methyl/N-ethyl adjacent to an activating group) is 1. The Balaban J connectivity index is 4.11. The normalized spacial score (nSPS) is 15.2. The van der Waals surface area contributed by atoms with Crippen LogP contribution in [0.5, 0.6) is 0 Å². The quantitative estimate of drug-likeness (QED) is 0.0273. The summed E-state index contributed by atoms with van der Waals surface area (Å²) in [5.74, 6) is -0.202. The molecule has 0 aliphatic carbocycles. The zero-order valence-electron chi connectivity index (χ0n) is 40.5. The van der Waals surface area contributed by atoms with Gasteiger partial charge in [0.25, 0.3) is 7.82 Å². The van der Waals surface area contributed by atoms with Gasteiger partial charge in [-0.1, -0.05) is 187 Å². The van der Waals surface area contributed by atoms with E-state index in [2.05, 4.69) is 141 Å². The van der Waals surface area contributed by atoms with E-state index in [0.717, 1.165) is 116 Å². The molecule has 63 heavy (non-hydrogen) atoms. The first kappa shape index (κ1) is 59.9. The van der Waals surface area contributed by atoms with Gasteiger partial charge in [0.15, 0.2) is 0 Å². The molecular formula is C54H91N2O6P. The number of hydrogen-bond acceptors (Lipinski definition) is 6. The predicted octanol–water partition coefficient (Wildman–Crippen LogP) is 13.6. The van der Waals surface area contributed by atoms with Gasteiger partial charge in [0.05, 0.1) is 39.9 Å². The summed E-state index contributed by atoms with van der Waals surface area (Å²) in [5, 5.41) is 13.7. The van der Waals surface area contributed by atoms with Crippen molar-refractivity contribution in [1.82, 2.24) is 5.32 Å². The summed E-state index contributed by atoms with van der Waals surface area (Å²) >= 11 is 0. The number of hydrogen-bond donors (Lipinski definition) is 2. The van der Waals surface area contributed by atoms with Gasteiger partial charge in [-0.25, -0.2) is 0 Å². The van der Waals surface area contributed by atoms with E-state index in [9.17, 15) is 19.4 Å². The number of rotatable bonds is 42. The maximum absolute atomic E-state index is 12.8. The Hall–Kier alpha value is -3.10. The first-order chi connectivity index (χ1) is 30.5. The Kier molecular flexibility index (Phi) is 41.9. The Labute approximate surface area is 386 Å². The van der Waals surface area contributed by atoms with Gasteiger partial charge < -0.3 is 28.8 Å². The first-order valence-corrected chi connectivity index (χ1v) is 25.8.